The van der Waals surface area contributed by atoms with Crippen molar-refractivity contribution in [3.05, 3.63) is 0 Å². The number of nitrogens with one attached hydrogen (secondary N) is 1. The van der Waals surface area contributed by atoms with Gasteiger partial charge in [-0.1, -0.05) is 13.8 Å². The van der Waals surface area contributed by atoms with Gasteiger partial charge >= 0.3 is 5.97 Å². The van der Waals surface area contributed by atoms with Gasteiger partial charge in [0, 0.05) is 13.0 Å². The van der Waals surface area contributed by atoms with Crippen LogP contribution < -0.4 is 5.32 Å². The Morgan fingerprint density at radius 3 is 2.30 bits per heavy atom. The summed E-state index contributed by atoms with van der Waals surface area (Å²) in [5.41, 5.74) is -0.933. The minimum Gasteiger partial charge on any atom is -0.481 e. The molecule has 1 unspecified atom stereocenters. The molecule has 2 N–H and O–H groups in total. The lowest BCUT2D eigenvalue weighted by Crippen LogP contribution is -2.42. The van der Waals surface area contributed by atoms with Crippen molar-refractivity contribution in [3.63, 3.8) is 0 Å². The molecule has 0 aromatic heterocycles. The molecule has 116 valence electrons. The van der Waals surface area contributed by atoms with E-state index >= 15 is 0 Å². The SMILES string of the molecule is CCC(CC)(CNC(=O)CC1CCS(=O)(=O)C1)C(=O)O. The number of amides is 1. The number of carbonyl (C=O) groups excluding carboxylic acids is 1. The second-order valence-electron chi connectivity index (χ2n) is 5.54. The molecule has 1 rings (SSSR count). The average molecular weight is 305 g/mol. The molecule has 1 heterocycles. The first-order chi connectivity index (χ1) is 9.24. The Balaban J connectivity index is 2.49. The van der Waals surface area contributed by atoms with E-state index in [2.05, 4.69) is 5.32 Å². The topological polar surface area (TPSA) is 101 Å². The summed E-state index contributed by atoms with van der Waals surface area (Å²) >= 11 is 0. The van der Waals surface area contributed by atoms with Crippen molar-refractivity contribution in [1.29, 1.82) is 0 Å². The highest BCUT2D eigenvalue weighted by molar-refractivity contribution is 7.91. The van der Waals surface area contributed by atoms with Crippen molar-refractivity contribution in [2.24, 2.45) is 11.3 Å². The van der Waals surface area contributed by atoms with Crippen molar-refractivity contribution in [2.75, 3.05) is 18.1 Å². The van der Waals surface area contributed by atoms with Gasteiger partial charge < -0.3 is 10.4 Å². The second kappa shape index (κ2) is 6.56. The van der Waals surface area contributed by atoms with E-state index in [1.54, 1.807) is 13.8 Å². The molecule has 0 aromatic carbocycles. The van der Waals surface area contributed by atoms with E-state index in [4.69, 9.17) is 0 Å². The van der Waals surface area contributed by atoms with Gasteiger partial charge in [0.15, 0.2) is 9.84 Å². The molecule has 1 aliphatic rings. The molecule has 7 heteroatoms. The Bertz CT molecular complexity index is 467. The van der Waals surface area contributed by atoms with Crippen molar-refractivity contribution in [2.45, 2.75) is 39.5 Å². The smallest absolute Gasteiger partial charge is 0.311 e. The average Bonchev–Trinajstić information content (AvgIpc) is 2.70. The Kier molecular flexibility index (Phi) is 5.56. The third kappa shape index (κ3) is 4.19. The molecule has 6 nitrogen and oxygen atoms in total. The largest absolute Gasteiger partial charge is 0.481 e. The Morgan fingerprint density at radius 2 is 1.90 bits per heavy atom. The van der Waals surface area contributed by atoms with Crippen molar-refractivity contribution in [3.8, 4) is 0 Å². The summed E-state index contributed by atoms with van der Waals surface area (Å²) in [6.45, 7) is 3.66. The van der Waals surface area contributed by atoms with E-state index in [1.807, 2.05) is 0 Å². The zero-order chi connectivity index (χ0) is 15.4. The molecular formula is C13H23NO5S. The summed E-state index contributed by atoms with van der Waals surface area (Å²) in [6.07, 6.45) is 1.55. The number of hydrogen-bond donors (Lipinski definition) is 2. The molecule has 0 saturated carbocycles. The lowest BCUT2D eigenvalue weighted by Gasteiger charge is -2.27. The molecule has 0 aromatic rings. The number of hydrogen-bond acceptors (Lipinski definition) is 4. The number of sulfone groups is 1. The lowest BCUT2D eigenvalue weighted by molar-refractivity contribution is -0.149. The van der Waals surface area contributed by atoms with E-state index in [0.717, 1.165) is 0 Å². The van der Waals surface area contributed by atoms with Crippen LogP contribution in [0.4, 0.5) is 0 Å². The fourth-order valence-electron chi connectivity index (χ4n) is 2.51. The fourth-order valence-corrected chi connectivity index (χ4v) is 4.38. The molecule has 0 spiro atoms. The number of carbonyl (C=O) groups is 2. The molecule has 0 radical (unpaired) electrons. The molecule has 0 aliphatic carbocycles. The maximum Gasteiger partial charge on any atom is 0.311 e. The van der Waals surface area contributed by atoms with Gasteiger partial charge in [0.05, 0.1) is 16.9 Å². The van der Waals surface area contributed by atoms with Crippen molar-refractivity contribution >= 4 is 21.7 Å². The molecule has 20 heavy (non-hydrogen) atoms. The van der Waals surface area contributed by atoms with Crippen LogP contribution in [0.3, 0.4) is 0 Å². The van der Waals surface area contributed by atoms with Gasteiger partial charge in [0.1, 0.15) is 0 Å². The maximum absolute atomic E-state index is 11.8. The van der Waals surface area contributed by atoms with E-state index in [0.29, 0.717) is 19.3 Å². The van der Waals surface area contributed by atoms with Crippen LogP contribution in [0.15, 0.2) is 0 Å². The van der Waals surface area contributed by atoms with Crippen LogP contribution in [0.5, 0.6) is 0 Å². The zero-order valence-electron chi connectivity index (χ0n) is 12.0. The van der Waals surface area contributed by atoms with Gasteiger partial charge in [-0.2, -0.15) is 0 Å². The van der Waals surface area contributed by atoms with Crippen molar-refractivity contribution in [1.82, 2.24) is 5.32 Å². The fraction of sp³-hybridized carbons (Fsp3) is 0.846. The highest BCUT2D eigenvalue weighted by Gasteiger charge is 2.35. The van der Waals surface area contributed by atoms with Crippen LogP contribution in [-0.4, -0.2) is 43.5 Å². The summed E-state index contributed by atoms with van der Waals surface area (Å²) < 4.78 is 22.6. The predicted molar refractivity (Wildman–Crippen MR) is 75.0 cm³/mol. The van der Waals surface area contributed by atoms with Crippen LogP contribution in [-0.2, 0) is 19.4 Å². The van der Waals surface area contributed by atoms with E-state index in [-0.39, 0.29) is 36.3 Å². The van der Waals surface area contributed by atoms with Gasteiger partial charge in [0.25, 0.3) is 0 Å². The molecule has 1 amide bonds. The van der Waals surface area contributed by atoms with Crippen LogP contribution >= 0.6 is 0 Å². The summed E-state index contributed by atoms with van der Waals surface area (Å²) in [5, 5.41) is 11.9. The predicted octanol–water partition coefficient (Wildman–Crippen LogP) is 0.818. The standard InChI is InChI=1S/C13H23NO5S/c1-3-13(4-2,12(16)17)9-14-11(15)7-10-5-6-20(18,19)8-10/h10H,3-9H2,1-2H3,(H,14,15)(H,16,17). The first-order valence-corrected chi connectivity index (χ1v) is 8.77. The van der Waals surface area contributed by atoms with E-state index < -0.39 is 21.2 Å². The second-order valence-corrected chi connectivity index (χ2v) is 7.77. The Labute approximate surface area is 119 Å². The minimum absolute atomic E-state index is 0.0616. The number of carboxylic acid groups (broad SMARTS) is 1. The summed E-state index contributed by atoms with van der Waals surface area (Å²) in [6, 6.07) is 0. The highest BCUT2D eigenvalue weighted by atomic mass is 32.2. The van der Waals surface area contributed by atoms with Crippen molar-refractivity contribution < 1.29 is 23.1 Å². The molecule has 1 fully saturated rings. The molecular weight excluding hydrogens is 282 g/mol. The van der Waals surface area contributed by atoms with Crippen LogP contribution in [0, 0.1) is 11.3 Å². The van der Waals surface area contributed by atoms with Crippen LogP contribution in [0.25, 0.3) is 0 Å². The molecule has 1 aliphatic heterocycles. The normalized spacial score (nSPS) is 21.6. The third-order valence-corrected chi connectivity index (χ3v) is 6.07. The van der Waals surface area contributed by atoms with Gasteiger partial charge in [-0.05, 0) is 25.2 Å². The molecule has 0 bridgehead atoms. The molecule has 1 atom stereocenters. The number of aliphatic carboxylic acids is 1. The minimum atomic E-state index is -2.98. The monoisotopic (exact) mass is 305 g/mol. The summed E-state index contributed by atoms with van der Waals surface area (Å²) in [5.74, 6) is -1.10. The van der Waals surface area contributed by atoms with Gasteiger partial charge in [-0.25, -0.2) is 8.42 Å². The summed E-state index contributed by atoms with van der Waals surface area (Å²) in [7, 11) is -2.98. The molecule has 1 saturated heterocycles. The van der Waals surface area contributed by atoms with E-state index in [1.165, 1.54) is 0 Å². The third-order valence-electron chi connectivity index (χ3n) is 4.23. The number of carboxylic acids is 1. The first-order valence-electron chi connectivity index (χ1n) is 6.95. The van der Waals surface area contributed by atoms with Gasteiger partial charge in [-0.3, -0.25) is 9.59 Å². The van der Waals surface area contributed by atoms with Crippen LogP contribution in [0.1, 0.15) is 39.5 Å². The quantitative estimate of drug-likeness (QED) is 0.725. The van der Waals surface area contributed by atoms with Gasteiger partial charge in [0.2, 0.25) is 5.91 Å². The highest BCUT2D eigenvalue weighted by Crippen LogP contribution is 2.26. The van der Waals surface area contributed by atoms with Gasteiger partial charge in [-0.15, -0.1) is 0 Å². The van der Waals surface area contributed by atoms with Crippen LogP contribution in [0.2, 0.25) is 0 Å². The Hall–Kier alpha value is -1.11. The van der Waals surface area contributed by atoms with E-state index in [9.17, 15) is 23.1 Å². The first kappa shape index (κ1) is 16.9. The Morgan fingerprint density at radius 1 is 1.30 bits per heavy atom. The summed E-state index contributed by atoms with van der Waals surface area (Å²) in [4.78, 5) is 23.1. The lowest BCUT2D eigenvalue weighted by atomic mass is 9.82. The number of rotatable bonds is 7. The zero-order valence-corrected chi connectivity index (χ0v) is 12.8. The maximum atomic E-state index is 11.8.